The molecule has 3 rings (SSSR count). The number of urea groups is 1. The molecule has 6 heteroatoms. The molecule has 2 fully saturated rings. The predicted octanol–water partition coefficient (Wildman–Crippen LogP) is 1.87. The van der Waals surface area contributed by atoms with Gasteiger partial charge in [0.05, 0.1) is 5.92 Å². The van der Waals surface area contributed by atoms with Gasteiger partial charge in [-0.1, -0.05) is 36.4 Å². The van der Waals surface area contributed by atoms with E-state index in [4.69, 9.17) is 0 Å². The maximum Gasteiger partial charge on any atom is 0.324 e. The molecule has 0 spiro atoms. The highest BCUT2D eigenvalue weighted by atomic mass is 16.2. The largest absolute Gasteiger partial charge is 0.352 e. The Morgan fingerprint density at radius 3 is 2.77 bits per heavy atom. The topological polar surface area (TPSA) is 78.5 Å². The Bertz CT molecular complexity index is 689. The molecule has 0 radical (unpaired) electrons. The first-order valence-corrected chi connectivity index (χ1v) is 9.14. The minimum absolute atomic E-state index is 0.0310. The molecule has 0 aromatic heterocycles. The first-order valence-electron chi connectivity index (χ1n) is 9.14. The smallest absolute Gasteiger partial charge is 0.324 e. The average molecular weight is 355 g/mol. The van der Waals surface area contributed by atoms with Crippen molar-refractivity contribution in [2.75, 3.05) is 13.1 Å². The van der Waals surface area contributed by atoms with Gasteiger partial charge in [-0.2, -0.15) is 0 Å². The summed E-state index contributed by atoms with van der Waals surface area (Å²) >= 11 is 0. The van der Waals surface area contributed by atoms with Gasteiger partial charge in [0.2, 0.25) is 11.8 Å². The third kappa shape index (κ3) is 3.95. The first kappa shape index (κ1) is 18.2. The molecule has 1 aromatic carbocycles. The molecule has 1 saturated heterocycles. The SMILES string of the molecule is C=CCNC(=O)C1CCC2C(=O)N(CCc3ccccc3)C(=O)NC2C1. The highest BCUT2D eigenvalue weighted by Crippen LogP contribution is 2.33. The number of benzene rings is 1. The molecule has 6 nitrogen and oxygen atoms in total. The first-order chi connectivity index (χ1) is 12.6. The predicted molar refractivity (Wildman–Crippen MR) is 98.2 cm³/mol. The van der Waals surface area contributed by atoms with Crippen molar-refractivity contribution in [3.05, 3.63) is 48.6 Å². The number of hydrogen-bond acceptors (Lipinski definition) is 3. The van der Waals surface area contributed by atoms with Crippen LogP contribution in [0.25, 0.3) is 0 Å². The zero-order valence-corrected chi connectivity index (χ0v) is 14.8. The van der Waals surface area contributed by atoms with Crippen LogP contribution in [0.3, 0.4) is 0 Å². The van der Waals surface area contributed by atoms with Gasteiger partial charge in [0.25, 0.3) is 0 Å². The summed E-state index contributed by atoms with van der Waals surface area (Å²) < 4.78 is 0. The molecule has 26 heavy (non-hydrogen) atoms. The van der Waals surface area contributed by atoms with Gasteiger partial charge in [-0.15, -0.1) is 6.58 Å². The fraction of sp³-hybridized carbons (Fsp3) is 0.450. The summed E-state index contributed by atoms with van der Waals surface area (Å²) in [6, 6.07) is 9.21. The molecule has 0 bridgehead atoms. The zero-order valence-electron chi connectivity index (χ0n) is 14.8. The molecule has 2 N–H and O–H groups in total. The van der Waals surface area contributed by atoms with Crippen LogP contribution in [0.15, 0.2) is 43.0 Å². The standard InChI is InChI=1S/C20H25N3O3/c1-2-11-21-18(24)15-8-9-16-17(13-15)22-20(26)23(19(16)25)12-10-14-6-4-3-5-7-14/h2-7,15-17H,1,8-13H2,(H,21,24)(H,22,26). The van der Waals surface area contributed by atoms with Crippen LogP contribution in [-0.4, -0.2) is 41.9 Å². The van der Waals surface area contributed by atoms with Gasteiger partial charge < -0.3 is 10.6 Å². The highest BCUT2D eigenvalue weighted by molar-refractivity contribution is 5.99. The Kier molecular flexibility index (Phi) is 5.71. The van der Waals surface area contributed by atoms with E-state index >= 15 is 0 Å². The van der Waals surface area contributed by atoms with E-state index in [0.29, 0.717) is 38.8 Å². The lowest BCUT2D eigenvalue weighted by atomic mass is 9.76. The molecule has 4 amide bonds. The van der Waals surface area contributed by atoms with Gasteiger partial charge in [-0.25, -0.2) is 4.79 Å². The monoisotopic (exact) mass is 355 g/mol. The van der Waals surface area contributed by atoms with Crippen molar-refractivity contribution in [3.63, 3.8) is 0 Å². The van der Waals surface area contributed by atoms with Gasteiger partial charge in [0.15, 0.2) is 0 Å². The number of fused-ring (bicyclic) bond motifs is 1. The van der Waals surface area contributed by atoms with Crippen LogP contribution >= 0.6 is 0 Å². The maximum absolute atomic E-state index is 12.8. The van der Waals surface area contributed by atoms with Crippen molar-refractivity contribution in [1.82, 2.24) is 15.5 Å². The molecule has 1 aliphatic heterocycles. The van der Waals surface area contributed by atoms with Crippen LogP contribution in [0.5, 0.6) is 0 Å². The van der Waals surface area contributed by atoms with Crippen LogP contribution in [0, 0.1) is 11.8 Å². The average Bonchev–Trinajstić information content (AvgIpc) is 2.66. The Hall–Kier alpha value is -2.63. The number of amides is 4. The number of imide groups is 1. The fourth-order valence-corrected chi connectivity index (χ4v) is 3.81. The molecule has 1 heterocycles. The summed E-state index contributed by atoms with van der Waals surface area (Å²) in [4.78, 5) is 38.7. The van der Waals surface area contributed by atoms with Gasteiger partial charge in [0, 0.05) is 25.0 Å². The second-order valence-electron chi connectivity index (χ2n) is 6.93. The van der Waals surface area contributed by atoms with Crippen LogP contribution < -0.4 is 10.6 Å². The number of carbonyl (C=O) groups is 3. The summed E-state index contributed by atoms with van der Waals surface area (Å²) in [6.45, 7) is 4.40. The number of hydrogen-bond donors (Lipinski definition) is 2. The molecular formula is C20H25N3O3. The number of nitrogens with one attached hydrogen (secondary N) is 2. The second kappa shape index (κ2) is 8.17. The third-order valence-electron chi connectivity index (χ3n) is 5.25. The van der Waals surface area contributed by atoms with E-state index in [-0.39, 0.29) is 35.7 Å². The van der Waals surface area contributed by atoms with E-state index in [0.717, 1.165) is 5.56 Å². The number of rotatable bonds is 6. The molecule has 138 valence electrons. The molecule has 2 aliphatic rings. The Morgan fingerprint density at radius 1 is 1.27 bits per heavy atom. The van der Waals surface area contributed by atoms with Gasteiger partial charge >= 0.3 is 6.03 Å². The van der Waals surface area contributed by atoms with Crippen molar-refractivity contribution in [2.45, 2.75) is 31.7 Å². The highest BCUT2D eigenvalue weighted by Gasteiger charge is 2.45. The van der Waals surface area contributed by atoms with E-state index in [1.165, 1.54) is 4.90 Å². The summed E-state index contributed by atoms with van der Waals surface area (Å²) in [5, 5.41) is 5.74. The Labute approximate surface area is 153 Å². The van der Waals surface area contributed by atoms with Crippen molar-refractivity contribution in [2.24, 2.45) is 11.8 Å². The molecule has 1 saturated carbocycles. The number of nitrogens with zero attached hydrogens (tertiary/aromatic N) is 1. The number of carbonyl (C=O) groups excluding carboxylic acids is 3. The zero-order chi connectivity index (χ0) is 18.5. The fourth-order valence-electron chi connectivity index (χ4n) is 3.81. The van der Waals surface area contributed by atoms with Crippen molar-refractivity contribution in [3.8, 4) is 0 Å². The molecule has 1 aromatic rings. The van der Waals surface area contributed by atoms with E-state index in [1.54, 1.807) is 6.08 Å². The second-order valence-corrected chi connectivity index (χ2v) is 6.93. The summed E-state index contributed by atoms with van der Waals surface area (Å²) in [6.07, 6.45) is 4.08. The van der Waals surface area contributed by atoms with Gasteiger partial charge in [-0.3, -0.25) is 14.5 Å². The van der Waals surface area contributed by atoms with E-state index in [9.17, 15) is 14.4 Å². The van der Waals surface area contributed by atoms with E-state index in [2.05, 4.69) is 17.2 Å². The quantitative estimate of drug-likeness (QED) is 0.765. The van der Waals surface area contributed by atoms with E-state index < -0.39 is 0 Å². The minimum atomic E-state index is -0.348. The van der Waals surface area contributed by atoms with E-state index in [1.807, 2.05) is 30.3 Å². The van der Waals surface area contributed by atoms with Crippen molar-refractivity contribution in [1.29, 1.82) is 0 Å². The van der Waals surface area contributed by atoms with Crippen LogP contribution in [-0.2, 0) is 16.0 Å². The molecule has 3 unspecified atom stereocenters. The lowest BCUT2D eigenvalue weighted by Crippen LogP contribution is -2.62. The molecule has 1 aliphatic carbocycles. The Balaban J connectivity index is 1.59. The van der Waals surface area contributed by atoms with Crippen LogP contribution in [0.1, 0.15) is 24.8 Å². The third-order valence-corrected chi connectivity index (χ3v) is 5.25. The summed E-state index contributed by atoms with van der Waals surface area (Å²) in [5.41, 5.74) is 1.10. The molecular weight excluding hydrogens is 330 g/mol. The normalized spacial score (nSPS) is 25.2. The lowest BCUT2D eigenvalue weighted by molar-refractivity contribution is -0.139. The molecule has 3 atom stereocenters. The summed E-state index contributed by atoms with van der Waals surface area (Å²) in [5.74, 6) is -0.539. The Morgan fingerprint density at radius 2 is 2.04 bits per heavy atom. The van der Waals surface area contributed by atoms with Crippen LogP contribution in [0.2, 0.25) is 0 Å². The van der Waals surface area contributed by atoms with Gasteiger partial charge in [0.1, 0.15) is 0 Å². The van der Waals surface area contributed by atoms with Crippen LogP contribution in [0.4, 0.5) is 4.79 Å². The van der Waals surface area contributed by atoms with Crippen molar-refractivity contribution < 1.29 is 14.4 Å². The van der Waals surface area contributed by atoms with Gasteiger partial charge in [-0.05, 0) is 31.2 Å². The maximum atomic E-state index is 12.8. The minimum Gasteiger partial charge on any atom is -0.352 e. The summed E-state index contributed by atoms with van der Waals surface area (Å²) in [7, 11) is 0. The van der Waals surface area contributed by atoms with Crippen molar-refractivity contribution >= 4 is 17.8 Å². The lowest BCUT2D eigenvalue weighted by Gasteiger charge is -2.42.